The van der Waals surface area contributed by atoms with E-state index in [1.54, 1.807) is 12.1 Å². The molecular weight excluding hydrogens is 288 g/mol. The fourth-order valence-corrected chi connectivity index (χ4v) is 1.21. The first-order valence-electron chi connectivity index (χ1n) is 3.14. The van der Waals surface area contributed by atoms with Gasteiger partial charge in [-0.25, -0.2) is 4.99 Å². The van der Waals surface area contributed by atoms with Gasteiger partial charge in [0.25, 0.3) is 0 Å². The minimum Gasteiger partial charge on any atom is -0.370 e. The van der Waals surface area contributed by atoms with E-state index >= 15 is 0 Å². The molecule has 0 aliphatic heterocycles. The maximum absolute atomic E-state index is 5.84. The van der Waals surface area contributed by atoms with Crippen LogP contribution in [0.2, 0.25) is 5.02 Å². The van der Waals surface area contributed by atoms with Crippen LogP contribution in [0.1, 0.15) is 0 Å². The Morgan fingerprint density at radius 1 is 1.42 bits per heavy atom. The van der Waals surface area contributed by atoms with Crippen LogP contribution in [0.25, 0.3) is 0 Å². The number of halogens is 2. The van der Waals surface area contributed by atoms with E-state index in [4.69, 9.17) is 23.1 Å². The number of benzene rings is 1. The summed E-state index contributed by atoms with van der Waals surface area (Å²) in [6, 6.07) is 5.36. The van der Waals surface area contributed by atoms with Gasteiger partial charge in [-0.2, -0.15) is 0 Å². The van der Waals surface area contributed by atoms with Crippen LogP contribution in [-0.2, 0) is 0 Å². The van der Waals surface area contributed by atoms with Gasteiger partial charge >= 0.3 is 0 Å². The van der Waals surface area contributed by atoms with E-state index < -0.39 is 0 Å². The molecule has 1 aromatic rings. The molecule has 0 heterocycles. The van der Waals surface area contributed by atoms with Crippen molar-refractivity contribution >= 4 is 45.8 Å². The average molecular weight is 296 g/mol. The monoisotopic (exact) mass is 295 g/mol. The molecule has 1 aromatic carbocycles. The lowest BCUT2D eigenvalue weighted by atomic mass is 10.3. The number of rotatable bonds is 1. The standard InChI is InChI=1S/C7H7ClIN3/c8-5-3-4(12-7(10)11)1-2-6(5)9/h1-3H,(H4,10,11,12). The topological polar surface area (TPSA) is 64.4 Å². The molecule has 0 saturated carbocycles. The second kappa shape index (κ2) is 3.95. The normalized spacial score (nSPS) is 9.50. The largest absolute Gasteiger partial charge is 0.370 e. The molecule has 0 atom stereocenters. The summed E-state index contributed by atoms with van der Waals surface area (Å²) < 4.78 is 0.976. The number of aliphatic imine (C=N–C) groups is 1. The molecular formula is C7H7ClIN3. The number of hydrogen-bond donors (Lipinski definition) is 2. The molecule has 12 heavy (non-hydrogen) atoms. The molecule has 0 aliphatic carbocycles. The van der Waals surface area contributed by atoms with Gasteiger partial charge in [0.2, 0.25) is 0 Å². The first-order chi connectivity index (χ1) is 5.59. The van der Waals surface area contributed by atoms with Gasteiger partial charge in [-0.05, 0) is 40.8 Å². The van der Waals surface area contributed by atoms with Crippen molar-refractivity contribution in [2.75, 3.05) is 0 Å². The van der Waals surface area contributed by atoms with Crippen molar-refractivity contribution in [2.24, 2.45) is 16.5 Å². The van der Waals surface area contributed by atoms with Crippen LogP contribution in [0.5, 0.6) is 0 Å². The van der Waals surface area contributed by atoms with Gasteiger partial charge < -0.3 is 11.5 Å². The molecule has 3 nitrogen and oxygen atoms in total. The SMILES string of the molecule is NC(N)=Nc1ccc(I)c(Cl)c1. The summed E-state index contributed by atoms with van der Waals surface area (Å²) in [5.41, 5.74) is 11.1. The maximum atomic E-state index is 5.84. The predicted octanol–water partition coefficient (Wildman–Crippen LogP) is 1.85. The summed E-state index contributed by atoms with van der Waals surface area (Å²) in [5, 5.41) is 0.651. The Hall–Kier alpha value is -0.490. The van der Waals surface area contributed by atoms with Crippen molar-refractivity contribution < 1.29 is 0 Å². The van der Waals surface area contributed by atoms with E-state index in [0.717, 1.165) is 3.57 Å². The number of nitrogens with zero attached hydrogens (tertiary/aromatic N) is 1. The lowest BCUT2D eigenvalue weighted by Gasteiger charge is -1.97. The molecule has 64 valence electrons. The molecule has 0 spiro atoms. The second-order valence-electron chi connectivity index (χ2n) is 2.14. The van der Waals surface area contributed by atoms with Gasteiger partial charge in [0.1, 0.15) is 0 Å². The van der Waals surface area contributed by atoms with E-state index in [0.29, 0.717) is 10.7 Å². The van der Waals surface area contributed by atoms with Crippen LogP contribution >= 0.6 is 34.2 Å². The average Bonchev–Trinajstić information content (AvgIpc) is 1.96. The molecule has 0 aliphatic rings. The second-order valence-corrected chi connectivity index (χ2v) is 3.70. The van der Waals surface area contributed by atoms with E-state index in [2.05, 4.69) is 27.6 Å². The quantitative estimate of drug-likeness (QED) is 0.472. The van der Waals surface area contributed by atoms with Crippen LogP contribution in [0.15, 0.2) is 23.2 Å². The molecule has 0 unspecified atom stereocenters. The maximum Gasteiger partial charge on any atom is 0.191 e. The highest BCUT2D eigenvalue weighted by Crippen LogP contribution is 2.23. The van der Waals surface area contributed by atoms with Gasteiger partial charge in [0.15, 0.2) is 5.96 Å². The van der Waals surface area contributed by atoms with Crippen LogP contribution < -0.4 is 11.5 Å². The summed E-state index contributed by atoms with van der Waals surface area (Å²) >= 11 is 7.97. The van der Waals surface area contributed by atoms with Crippen LogP contribution in [-0.4, -0.2) is 5.96 Å². The minimum atomic E-state index is 0.0345. The zero-order chi connectivity index (χ0) is 9.14. The number of guanidine groups is 1. The van der Waals surface area contributed by atoms with Gasteiger partial charge in [-0.15, -0.1) is 0 Å². The number of hydrogen-bond acceptors (Lipinski definition) is 1. The molecule has 5 heteroatoms. The molecule has 0 amide bonds. The summed E-state index contributed by atoms with van der Waals surface area (Å²) in [7, 11) is 0. The summed E-state index contributed by atoms with van der Waals surface area (Å²) in [5.74, 6) is 0.0345. The number of nitrogens with two attached hydrogens (primary N) is 2. The molecule has 0 fully saturated rings. The third-order valence-electron chi connectivity index (χ3n) is 1.16. The zero-order valence-electron chi connectivity index (χ0n) is 6.09. The summed E-state index contributed by atoms with van der Waals surface area (Å²) in [6.07, 6.45) is 0. The highest BCUT2D eigenvalue weighted by Gasteiger charge is 1.97. The Kier molecular flexibility index (Phi) is 3.16. The van der Waals surface area contributed by atoms with Crippen molar-refractivity contribution in [3.05, 3.63) is 26.8 Å². The van der Waals surface area contributed by atoms with Gasteiger partial charge in [-0.3, -0.25) is 0 Å². The van der Waals surface area contributed by atoms with Gasteiger partial charge in [-0.1, -0.05) is 11.6 Å². The Bertz CT molecular complexity index is 320. The van der Waals surface area contributed by atoms with Crippen molar-refractivity contribution in [2.45, 2.75) is 0 Å². The van der Waals surface area contributed by atoms with Gasteiger partial charge in [0.05, 0.1) is 10.7 Å². The first kappa shape index (κ1) is 9.60. The Morgan fingerprint density at radius 3 is 2.58 bits per heavy atom. The molecule has 0 bridgehead atoms. The molecule has 0 aromatic heterocycles. The summed E-state index contributed by atoms with van der Waals surface area (Å²) in [6.45, 7) is 0. The summed E-state index contributed by atoms with van der Waals surface area (Å²) in [4.78, 5) is 3.85. The Balaban J connectivity index is 3.05. The lowest BCUT2D eigenvalue weighted by molar-refractivity contribution is 1.42. The highest BCUT2D eigenvalue weighted by atomic mass is 127. The highest BCUT2D eigenvalue weighted by molar-refractivity contribution is 14.1. The van der Waals surface area contributed by atoms with Crippen molar-refractivity contribution in [3.8, 4) is 0 Å². The molecule has 1 rings (SSSR count). The molecule has 0 radical (unpaired) electrons. The molecule has 0 saturated heterocycles. The van der Waals surface area contributed by atoms with Crippen molar-refractivity contribution in [1.29, 1.82) is 0 Å². The van der Waals surface area contributed by atoms with E-state index in [1.807, 2.05) is 6.07 Å². The van der Waals surface area contributed by atoms with Crippen molar-refractivity contribution in [3.63, 3.8) is 0 Å². The minimum absolute atomic E-state index is 0.0345. The first-order valence-corrected chi connectivity index (χ1v) is 4.60. The van der Waals surface area contributed by atoms with Crippen LogP contribution in [0, 0.1) is 3.57 Å². The fraction of sp³-hybridized carbons (Fsp3) is 0. The Labute approximate surface area is 88.9 Å². The van der Waals surface area contributed by atoms with Crippen LogP contribution in [0.3, 0.4) is 0 Å². The molecule has 4 N–H and O–H groups in total. The van der Waals surface area contributed by atoms with Crippen molar-refractivity contribution in [1.82, 2.24) is 0 Å². The van der Waals surface area contributed by atoms with Crippen LogP contribution in [0.4, 0.5) is 5.69 Å². The van der Waals surface area contributed by atoms with E-state index in [9.17, 15) is 0 Å². The Morgan fingerprint density at radius 2 is 2.08 bits per heavy atom. The fourth-order valence-electron chi connectivity index (χ4n) is 0.704. The third kappa shape index (κ3) is 2.53. The van der Waals surface area contributed by atoms with Gasteiger partial charge in [0, 0.05) is 3.57 Å². The van der Waals surface area contributed by atoms with E-state index in [1.165, 1.54) is 0 Å². The van der Waals surface area contributed by atoms with E-state index in [-0.39, 0.29) is 5.96 Å². The predicted molar refractivity (Wildman–Crippen MR) is 59.6 cm³/mol. The third-order valence-corrected chi connectivity index (χ3v) is 2.73. The lowest BCUT2D eigenvalue weighted by Crippen LogP contribution is -2.21. The zero-order valence-corrected chi connectivity index (χ0v) is 9.00. The smallest absolute Gasteiger partial charge is 0.191 e.